The van der Waals surface area contributed by atoms with E-state index >= 15 is 0 Å². The van der Waals surface area contributed by atoms with Crippen LogP contribution in [0, 0.1) is 0 Å². The third kappa shape index (κ3) is 4.56. The van der Waals surface area contributed by atoms with Crippen molar-refractivity contribution in [2.75, 3.05) is 13.7 Å². The molecule has 1 N–H and O–H groups in total. The number of carbonyl (C=O) groups is 1. The van der Waals surface area contributed by atoms with Crippen LogP contribution in [0.15, 0.2) is 29.6 Å². The topological polar surface area (TPSA) is 51.2 Å². The summed E-state index contributed by atoms with van der Waals surface area (Å²) in [6.07, 6.45) is 2.25. The van der Waals surface area contributed by atoms with Gasteiger partial charge in [-0.15, -0.1) is 11.3 Å². The fourth-order valence-corrected chi connectivity index (χ4v) is 2.75. The molecule has 1 aromatic heterocycles. The minimum atomic E-state index is 0.115. The Balaban J connectivity index is 1.90. The van der Waals surface area contributed by atoms with E-state index in [0.29, 0.717) is 13.0 Å². The molecule has 0 aliphatic rings. The maximum atomic E-state index is 11.4. The van der Waals surface area contributed by atoms with Crippen LogP contribution in [0.5, 0.6) is 5.75 Å². The highest BCUT2D eigenvalue weighted by atomic mass is 32.1. The molecule has 0 fully saturated rings. The first kappa shape index (κ1) is 15.5. The van der Waals surface area contributed by atoms with Crippen LogP contribution in [0.25, 0.3) is 11.3 Å². The summed E-state index contributed by atoms with van der Waals surface area (Å²) in [6.45, 7) is 2.65. The number of methoxy groups -OCH3 is 1. The molecule has 5 heteroatoms. The standard InChI is InChI=1S/C16H20N2O2S/c1-3-4-15(19)17-10-9-16-18-14(11-21-16)12-5-7-13(20-2)8-6-12/h5-8,11H,3-4,9-10H2,1-2H3,(H,17,19). The fraction of sp³-hybridized carbons (Fsp3) is 0.375. The second-order valence-electron chi connectivity index (χ2n) is 4.70. The average Bonchev–Trinajstić information content (AvgIpc) is 2.96. The predicted molar refractivity (Wildman–Crippen MR) is 85.7 cm³/mol. The number of hydrogen-bond donors (Lipinski definition) is 1. The first-order valence-corrected chi connectivity index (χ1v) is 7.96. The second kappa shape index (κ2) is 7.78. The molecule has 1 heterocycles. The van der Waals surface area contributed by atoms with Crippen LogP contribution in [0.4, 0.5) is 0 Å². The summed E-state index contributed by atoms with van der Waals surface area (Å²) in [5.41, 5.74) is 2.05. The summed E-state index contributed by atoms with van der Waals surface area (Å²) in [5, 5.41) is 5.99. The van der Waals surface area contributed by atoms with Gasteiger partial charge < -0.3 is 10.1 Å². The summed E-state index contributed by atoms with van der Waals surface area (Å²) in [6, 6.07) is 7.86. The number of aromatic nitrogens is 1. The van der Waals surface area contributed by atoms with Crippen molar-refractivity contribution in [1.29, 1.82) is 0 Å². The van der Waals surface area contributed by atoms with Crippen LogP contribution >= 0.6 is 11.3 Å². The smallest absolute Gasteiger partial charge is 0.219 e. The van der Waals surface area contributed by atoms with Crippen molar-refractivity contribution in [3.63, 3.8) is 0 Å². The van der Waals surface area contributed by atoms with E-state index < -0.39 is 0 Å². The number of rotatable bonds is 7. The van der Waals surface area contributed by atoms with E-state index in [1.807, 2.05) is 36.6 Å². The molecule has 2 rings (SSSR count). The Morgan fingerprint density at radius 2 is 2.10 bits per heavy atom. The number of carbonyl (C=O) groups excluding carboxylic acids is 1. The van der Waals surface area contributed by atoms with E-state index in [0.717, 1.165) is 34.9 Å². The van der Waals surface area contributed by atoms with Gasteiger partial charge >= 0.3 is 0 Å². The quantitative estimate of drug-likeness (QED) is 0.854. The summed E-state index contributed by atoms with van der Waals surface area (Å²) in [7, 11) is 1.66. The van der Waals surface area contributed by atoms with Crippen LogP contribution in [0.1, 0.15) is 24.8 Å². The van der Waals surface area contributed by atoms with Crippen molar-refractivity contribution in [1.82, 2.24) is 10.3 Å². The normalized spacial score (nSPS) is 10.4. The average molecular weight is 304 g/mol. The number of nitrogens with one attached hydrogen (secondary N) is 1. The molecule has 0 saturated heterocycles. The van der Waals surface area contributed by atoms with E-state index in [-0.39, 0.29) is 5.91 Å². The highest BCUT2D eigenvalue weighted by Crippen LogP contribution is 2.24. The molecule has 1 aromatic carbocycles. The number of thiazole rings is 1. The van der Waals surface area contributed by atoms with Crippen molar-refractivity contribution < 1.29 is 9.53 Å². The lowest BCUT2D eigenvalue weighted by Crippen LogP contribution is -2.25. The monoisotopic (exact) mass is 304 g/mol. The lowest BCUT2D eigenvalue weighted by atomic mass is 10.2. The van der Waals surface area contributed by atoms with Gasteiger partial charge in [-0.3, -0.25) is 4.79 Å². The molecular weight excluding hydrogens is 284 g/mol. The van der Waals surface area contributed by atoms with Crippen molar-refractivity contribution in [3.05, 3.63) is 34.7 Å². The minimum Gasteiger partial charge on any atom is -0.497 e. The molecule has 0 atom stereocenters. The molecular formula is C16H20N2O2S. The van der Waals surface area contributed by atoms with Gasteiger partial charge in [0.1, 0.15) is 5.75 Å². The van der Waals surface area contributed by atoms with Gasteiger partial charge in [0, 0.05) is 30.3 Å². The number of benzene rings is 1. The predicted octanol–water partition coefficient (Wildman–Crippen LogP) is 3.28. The highest BCUT2D eigenvalue weighted by Gasteiger charge is 2.05. The Kier molecular flexibility index (Phi) is 5.75. The van der Waals surface area contributed by atoms with Crippen LogP contribution < -0.4 is 10.1 Å². The van der Waals surface area contributed by atoms with Gasteiger partial charge in [-0.05, 0) is 30.7 Å². The summed E-state index contributed by atoms with van der Waals surface area (Å²) >= 11 is 1.63. The zero-order valence-corrected chi connectivity index (χ0v) is 13.2. The zero-order valence-electron chi connectivity index (χ0n) is 12.4. The van der Waals surface area contributed by atoms with Crippen molar-refractivity contribution in [3.8, 4) is 17.0 Å². The minimum absolute atomic E-state index is 0.115. The van der Waals surface area contributed by atoms with Gasteiger partial charge in [0.2, 0.25) is 5.91 Å². The zero-order chi connectivity index (χ0) is 15.1. The Bertz CT molecular complexity index is 578. The van der Waals surface area contributed by atoms with Gasteiger partial charge in [0.05, 0.1) is 17.8 Å². The van der Waals surface area contributed by atoms with Gasteiger partial charge in [-0.25, -0.2) is 4.98 Å². The van der Waals surface area contributed by atoms with E-state index in [2.05, 4.69) is 10.3 Å². The second-order valence-corrected chi connectivity index (χ2v) is 5.65. The molecule has 1 amide bonds. The van der Waals surface area contributed by atoms with E-state index in [1.54, 1.807) is 18.4 Å². The summed E-state index contributed by atoms with van der Waals surface area (Å²) in [5.74, 6) is 0.956. The summed E-state index contributed by atoms with van der Waals surface area (Å²) in [4.78, 5) is 16.0. The third-order valence-corrected chi connectivity index (χ3v) is 3.98. The Morgan fingerprint density at radius 3 is 2.76 bits per heavy atom. The SMILES string of the molecule is CCCC(=O)NCCc1nc(-c2ccc(OC)cc2)cs1. The van der Waals surface area contributed by atoms with Crippen LogP contribution in [0.2, 0.25) is 0 Å². The molecule has 0 aliphatic heterocycles. The van der Waals surface area contributed by atoms with Gasteiger partial charge in [-0.1, -0.05) is 6.92 Å². The molecule has 0 bridgehead atoms. The molecule has 0 aliphatic carbocycles. The van der Waals surface area contributed by atoms with E-state index in [9.17, 15) is 4.79 Å². The number of ether oxygens (including phenoxy) is 1. The van der Waals surface area contributed by atoms with Gasteiger partial charge in [0.25, 0.3) is 0 Å². The maximum Gasteiger partial charge on any atom is 0.219 e. The molecule has 0 radical (unpaired) electrons. The Hall–Kier alpha value is -1.88. The Morgan fingerprint density at radius 1 is 1.33 bits per heavy atom. The summed E-state index contributed by atoms with van der Waals surface area (Å²) < 4.78 is 5.15. The molecule has 0 spiro atoms. The molecule has 2 aromatic rings. The molecule has 0 saturated carbocycles. The van der Waals surface area contributed by atoms with Crippen LogP contribution in [-0.2, 0) is 11.2 Å². The van der Waals surface area contributed by atoms with Crippen molar-refractivity contribution in [2.45, 2.75) is 26.2 Å². The van der Waals surface area contributed by atoms with Gasteiger partial charge in [-0.2, -0.15) is 0 Å². The lowest BCUT2D eigenvalue weighted by Gasteiger charge is -2.02. The molecule has 112 valence electrons. The number of nitrogens with zero attached hydrogens (tertiary/aromatic N) is 1. The van der Waals surface area contributed by atoms with Crippen LogP contribution in [-0.4, -0.2) is 24.5 Å². The largest absolute Gasteiger partial charge is 0.497 e. The third-order valence-electron chi connectivity index (χ3n) is 3.08. The maximum absolute atomic E-state index is 11.4. The highest BCUT2D eigenvalue weighted by molar-refractivity contribution is 7.09. The number of hydrogen-bond acceptors (Lipinski definition) is 4. The number of amides is 1. The van der Waals surface area contributed by atoms with Crippen LogP contribution in [0.3, 0.4) is 0 Å². The first-order chi connectivity index (χ1) is 10.2. The first-order valence-electron chi connectivity index (χ1n) is 7.08. The molecule has 4 nitrogen and oxygen atoms in total. The van der Waals surface area contributed by atoms with E-state index in [1.165, 1.54) is 0 Å². The molecule has 0 unspecified atom stereocenters. The Labute approximate surface area is 129 Å². The van der Waals surface area contributed by atoms with E-state index in [4.69, 9.17) is 4.74 Å². The van der Waals surface area contributed by atoms with Crippen molar-refractivity contribution in [2.24, 2.45) is 0 Å². The van der Waals surface area contributed by atoms with Gasteiger partial charge in [0.15, 0.2) is 0 Å². The van der Waals surface area contributed by atoms with Crippen molar-refractivity contribution >= 4 is 17.2 Å². The lowest BCUT2D eigenvalue weighted by molar-refractivity contribution is -0.121. The fourth-order valence-electron chi connectivity index (χ4n) is 1.94. The molecule has 21 heavy (non-hydrogen) atoms.